The van der Waals surface area contributed by atoms with Crippen molar-refractivity contribution in [3.8, 4) is 17.2 Å². The minimum absolute atomic E-state index is 0.0136. The Kier molecular flexibility index (Phi) is 9.08. The molecule has 2 aromatic carbocycles. The highest BCUT2D eigenvalue weighted by atomic mass is 32.2. The van der Waals surface area contributed by atoms with Crippen LogP contribution in [0.5, 0.6) is 17.2 Å². The summed E-state index contributed by atoms with van der Waals surface area (Å²) in [7, 11) is 0. The van der Waals surface area contributed by atoms with Gasteiger partial charge in [-0.15, -0.1) is 23.5 Å². The maximum atomic E-state index is 12.1. The second-order valence-corrected chi connectivity index (χ2v) is 9.40. The number of nitrogens with one attached hydrogen (secondary N) is 1. The van der Waals surface area contributed by atoms with Crippen molar-refractivity contribution in [1.82, 2.24) is 5.32 Å². The van der Waals surface area contributed by atoms with Crippen LogP contribution in [0.1, 0.15) is 29.6 Å². The van der Waals surface area contributed by atoms with Crippen LogP contribution >= 0.6 is 23.5 Å². The van der Waals surface area contributed by atoms with E-state index in [4.69, 9.17) is 14.2 Å². The number of rotatable bonds is 11. The topological polar surface area (TPSA) is 56.8 Å². The van der Waals surface area contributed by atoms with Crippen molar-refractivity contribution in [2.24, 2.45) is 0 Å². The Morgan fingerprint density at radius 2 is 1.67 bits per heavy atom. The van der Waals surface area contributed by atoms with Gasteiger partial charge in [0, 0.05) is 18.1 Å². The Morgan fingerprint density at radius 1 is 0.967 bits per heavy atom. The highest BCUT2D eigenvalue weighted by Crippen LogP contribution is 2.45. The molecule has 1 aliphatic rings. The fourth-order valence-corrected chi connectivity index (χ4v) is 5.93. The van der Waals surface area contributed by atoms with Gasteiger partial charge in [0.05, 0.1) is 17.8 Å². The Bertz CT molecular complexity index is 807. The fourth-order valence-electron chi connectivity index (χ4n) is 3.07. The summed E-state index contributed by atoms with van der Waals surface area (Å²) in [5.74, 6) is 4.49. The van der Waals surface area contributed by atoms with Crippen LogP contribution in [0, 0.1) is 0 Å². The van der Waals surface area contributed by atoms with Gasteiger partial charge in [-0.1, -0.05) is 18.2 Å². The van der Waals surface area contributed by atoms with E-state index in [-0.39, 0.29) is 12.5 Å². The largest absolute Gasteiger partial charge is 0.490 e. The lowest BCUT2D eigenvalue weighted by molar-refractivity contribution is -0.123. The molecule has 30 heavy (non-hydrogen) atoms. The monoisotopic (exact) mass is 447 g/mol. The van der Waals surface area contributed by atoms with E-state index in [1.807, 2.05) is 67.7 Å². The fraction of sp³-hybridized carbons (Fsp3) is 0.435. The van der Waals surface area contributed by atoms with Gasteiger partial charge < -0.3 is 19.5 Å². The molecule has 0 spiro atoms. The number of thioether (sulfide) groups is 2. The predicted octanol–water partition coefficient (Wildman–Crippen LogP) is 4.70. The third-order valence-electron chi connectivity index (χ3n) is 4.49. The lowest BCUT2D eigenvalue weighted by Crippen LogP contribution is -2.30. The molecule has 162 valence electrons. The molecule has 2 aromatic rings. The van der Waals surface area contributed by atoms with Gasteiger partial charge in [-0.3, -0.25) is 4.79 Å². The maximum Gasteiger partial charge on any atom is 0.257 e. The zero-order valence-electron chi connectivity index (χ0n) is 17.5. The second-order valence-electron chi connectivity index (χ2n) is 6.68. The van der Waals surface area contributed by atoms with Gasteiger partial charge in [-0.2, -0.15) is 0 Å². The Balaban J connectivity index is 1.41. The van der Waals surface area contributed by atoms with E-state index in [2.05, 4.69) is 17.4 Å². The quantitative estimate of drug-likeness (QED) is 0.539. The first kappa shape index (κ1) is 22.7. The SMILES string of the molecule is CCOc1ccc(CCNC(=O)COc2ccc(C3SCCS3)cc2)cc1OCC. The molecule has 0 unspecified atom stereocenters. The van der Waals surface area contributed by atoms with E-state index in [0.29, 0.717) is 30.8 Å². The van der Waals surface area contributed by atoms with Crippen LogP contribution in [0.3, 0.4) is 0 Å². The first-order valence-electron chi connectivity index (χ1n) is 10.3. The number of benzene rings is 2. The van der Waals surface area contributed by atoms with E-state index >= 15 is 0 Å². The third-order valence-corrected chi connectivity index (χ3v) is 7.59. The van der Waals surface area contributed by atoms with Crippen LogP contribution in [0.2, 0.25) is 0 Å². The number of hydrogen-bond donors (Lipinski definition) is 1. The second kappa shape index (κ2) is 12.0. The molecule has 1 fully saturated rings. The lowest BCUT2D eigenvalue weighted by atomic mass is 10.1. The molecule has 0 atom stereocenters. The Labute approximate surface area is 187 Å². The van der Waals surface area contributed by atoms with Gasteiger partial charge in [-0.25, -0.2) is 0 Å². The van der Waals surface area contributed by atoms with Gasteiger partial charge in [0.2, 0.25) is 0 Å². The molecule has 1 heterocycles. The minimum Gasteiger partial charge on any atom is -0.490 e. The van der Waals surface area contributed by atoms with E-state index in [1.165, 1.54) is 17.1 Å². The molecule has 1 aliphatic heterocycles. The van der Waals surface area contributed by atoms with Gasteiger partial charge in [0.15, 0.2) is 18.1 Å². The van der Waals surface area contributed by atoms with Crippen LogP contribution < -0.4 is 19.5 Å². The first-order valence-corrected chi connectivity index (χ1v) is 12.4. The molecule has 5 nitrogen and oxygen atoms in total. The standard InChI is InChI=1S/C23H29NO4S2/c1-3-26-20-10-5-17(15-21(20)27-4-2)11-12-24-22(25)16-28-19-8-6-18(7-9-19)23-29-13-14-30-23/h5-10,15,23H,3-4,11-14,16H2,1-2H3,(H,24,25). The van der Waals surface area contributed by atoms with E-state index in [9.17, 15) is 4.79 Å². The molecule has 0 saturated carbocycles. The summed E-state index contributed by atoms with van der Waals surface area (Å²) < 4.78 is 17.4. The zero-order valence-corrected chi connectivity index (χ0v) is 19.2. The average Bonchev–Trinajstić information content (AvgIpc) is 3.30. The first-order chi connectivity index (χ1) is 14.7. The zero-order chi connectivity index (χ0) is 21.2. The van der Waals surface area contributed by atoms with Gasteiger partial charge in [0.1, 0.15) is 5.75 Å². The summed E-state index contributed by atoms with van der Waals surface area (Å²) in [6, 6.07) is 13.9. The Hall–Kier alpha value is -1.99. The third kappa shape index (κ3) is 6.77. The highest BCUT2D eigenvalue weighted by molar-refractivity contribution is 8.19. The molecule has 0 aliphatic carbocycles. The van der Waals surface area contributed by atoms with Crippen molar-refractivity contribution in [2.75, 3.05) is 37.9 Å². The predicted molar refractivity (Wildman–Crippen MR) is 125 cm³/mol. The van der Waals surface area contributed by atoms with E-state index < -0.39 is 0 Å². The van der Waals surface area contributed by atoms with Crippen molar-refractivity contribution < 1.29 is 19.0 Å². The van der Waals surface area contributed by atoms with Crippen LogP contribution in [-0.2, 0) is 11.2 Å². The number of carbonyl (C=O) groups excluding carboxylic acids is 1. The molecule has 1 amide bonds. The minimum atomic E-state index is -0.128. The molecule has 1 N–H and O–H groups in total. The van der Waals surface area contributed by atoms with E-state index in [0.717, 1.165) is 22.8 Å². The van der Waals surface area contributed by atoms with Crippen molar-refractivity contribution in [3.63, 3.8) is 0 Å². The van der Waals surface area contributed by atoms with Crippen LogP contribution in [0.25, 0.3) is 0 Å². The number of amides is 1. The van der Waals surface area contributed by atoms with Gasteiger partial charge in [0.25, 0.3) is 5.91 Å². The number of hydrogen-bond acceptors (Lipinski definition) is 6. The maximum absolute atomic E-state index is 12.1. The summed E-state index contributed by atoms with van der Waals surface area (Å²) in [4.78, 5) is 12.1. The van der Waals surface area contributed by atoms with Crippen molar-refractivity contribution in [3.05, 3.63) is 53.6 Å². The number of ether oxygens (including phenoxy) is 3. The van der Waals surface area contributed by atoms with Crippen LogP contribution in [0.15, 0.2) is 42.5 Å². The van der Waals surface area contributed by atoms with Crippen molar-refractivity contribution >= 4 is 29.4 Å². The molecule has 7 heteroatoms. The summed E-state index contributed by atoms with van der Waals surface area (Å²) >= 11 is 3.95. The van der Waals surface area contributed by atoms with Crippen LogP contribution in [-0.4, -0.2) is 43.8 Å². The molecular weight excluding hydrogens is 418 g/mol. The molecule has 0 aromatic heterocycles. The molecular formula is C23H29NO4S2. The summed E-state index contributed by atoms with van der Waals surface area (Å²) in [6.07, 6.45) is 0.712. The summed E-state index contributed by atoms with van der Waals surface area (Å²) in [6.45, 7) is 5.62. The van der Waals surface area contributed by atoms with E-state index in [1.54, 1.807) is 0 Å². The smallest absolute Gasteiger partial charge is 0.257 e. The van der Waals surface area contributed by atoms with Gasteiger partial charge >= 0.3 is 0 Å². The number of carbonyl (C=O) groups is 1. The molecule has 1 saturated heterocycles. The van der Waals surface area contributed by atoms with Crippen LogP contribution in [0.4, 0.5) is 0 Å². The highest BCUT2D eigenvalue weighted by Gasteiger charge is 2.18. The summed E-state index contributed by atoms with van der Waals surface area (Å²) in [5.41, 5.74) is 2.39. The molecule has 0 radical (unpaired) electrons. The average molecular weight is 448 g/mol. The lowest BCUT2D eigenvalue weighted by Gasteiger charge is -2.13. The molecule has 0 bridgehead atoms. The Morgan fingerprint density at radius 3 is 2.37 bits per heavy atom. The normalized spacial score (nSPS) is 13.8. The van der Waals surface area contributed by atoms with Gasteiger partial charge in [-0.05, 0) is 55.7 Å². The van der Waals surface area contributed by atoms with Crippen molar-refractivity contribution in [1.29, 1.82) is 0 Å². The summed E-state index contributed by atoms with van der Waals surface area (Å²) in [5, 5.41) is 2.91. The molecule has 3 rings (SSSR count). The van der Waals surface area contributed by atoms with Crippen molar-refractivity contribution in [2.45, 2.75) is 24.9 Å².